The normalized spacial score (nSPS) is 19.9. The quantitative estimate of drug-likeness (QED) is 0.760. The second kappa shape index (κ2) is 7.99. The van der Waals surface area contributed by atoms with E-state index in [-0.39, 0.29) is 17.4 Å². The standard InChI is InChI=1S/C16H32N2O2/c1-6-20-15(19)14-7-9-18(10-8-14)12-13(2)11-17-16(3,4)5/h13-14,17H,6-12H2,1-5H3. The van der Waals surface area contributed by atoms with Crippen molar-refractivity contribution in [2.24, 2.45) is 11.8 Å². The van der Waals surface area contributed by atoms with E-state index in [1.54, 1.807) is 0 Å². The molecule has 0 aromatic heterocycles. The maximum Gasteiger partial charge on any atom is 0.309 e. The number of rotatable bonds is 6. The predicted octanol–water partition coefficient (Wildman–Crippen LogP) is 2.29. The summed E-state index contributed by atoms with van der Waals surface area (Å²) in [6, 6.07) is 0. The van der Waals surface area contributed by atoms with E-state index >= 15 is 0 Å². The second-order valence-electron chi connectivity index (χ2n) is 7.06. The molecule has 0 radical (unpaired) electrons. The van der Waals surface area contributed by atoms with E-state index in [0.717, 1.165) is 39.0 Å². The Bertz CT molecular complexity index is 291. The van der Waals surface area contributed by atoms with Gasteiger partial charge in [0.05, 0.1) is 12.5 Å². The molecule has 1 unspecified atom stereocenters. The Kier molecular flexibility index (Phi) is 6.96. The summed E-state index contributed by atoms with van der Waals surface area (Å²) >= 11 is 0. The summed E-state index contributed by atoms with van der Waals surface area (Å²) in [6.07, 6.45) is 1.89. The summed E-state index contributed by atoms with van der Waals surface area (Å²) < 4.78 is 5.11. The largest absolute Gasteiger partial charge is 0.466 e. The number of piperidine rings is 1. The van der Waals surface area contributed by atoms with Crippen LogP contribution in [0.4, 0.5) is 0 Å². The minimum atomic E-state index is -0.00500. The number of ether oxygens (including phenoxy) is 1. The van der Waals surface area contributed by atoms with Crippen molar-refractivity contribution in [1.29, 1.82) is 0 Å². The Hall–Kier alpha value is -0.610. The van der Waals surface area contributed by atoms with E-state index in [2.05, 4.69) is 37.9 Å². The third kappa shape index (κ3) is 6.71. The summed E-state index contributed by atoms with van der Waals surface area (Å²) in [6.45, 7) is 15.4. The molecule has 0 aliphatic carbocycles. The number of likely N-dealkylation sites (tertiary alicyclic amines) is 1. The number of carbonyl (C=O) groups is 1. The average Bonchev–Trinajstić information content (AvgIpc) is 2.37. The molecular weight excluding hydrogens is 252 g/mol. The molecule has 1 atom stereocenters. The Balaban J connectivity index is 2.23. The highest BCUT2D eigenvalue weighted by Gasteiger charge is 2.26. The Morgan fingerprint density at radius 3 is 2.45 bits per heavy atom. The molecule has 118 valence electrons. The van der Waals surface area contributed by atoms with Crippen molar-refractivity contribution in [2.75, 3.05) is 32.8 Å². The van der Waals surface area contributed by atoms with E-state index in [9.17, 15) is 4.79 Å². The minimum absolute atomic E-state index is 0.00500. The fourth-order valence-corrected chi connectivity index (χ4v) is 2.60. The molecule has 0 spiro atoms. The van der Waals surface area contributed by atoms with Gasteiger partial charge in [0.1, 0.15) is 0 Å². The van der Waals surface area contributed by atoms with Gasteiger partial charge >= 0.3 is 5.97 Å². The second-order valence-corrected chi connectivity index (χ2v) is 7.06. The van der Waals surface area contributed by atoms with Gasteiger partial charge in [0.15, 0.2) is 0 Å². The number of hydrogen-bond donors (Lipinski definition) is 1. The van der Waals surface area contributed by atoms with Crippen LogP contribution in [0, 0.1) is 11.8 Å². The van der Waals surface area contributed by atoms with Crippen molar-refractivity contribution in [3.05, 3.63) is 0 Å². The van der Waals surface area contributed by atoms with Crippen molar-refractivity contribution in [2.45, 2.75) is 53.0 Å². The minimum Gasteiger partial charge on any atom is -0.466 e. The van der Waals surface area contributed by atoms with E-state index in [0.29, 0.717) is 12.5 Å². The maximum absolute atomic E-state index is 11.7. The number of carbonyl (C=O) groups excluding carboxylic acids is 1. The third-order valence-electron chi connectivity index (χ3n) is 3.76. The van der Waals surface area contributed by atoms with Crippen molar-refractivity contribution >= 4 is 5.97 Å². The van der Waals surface area contributed by atoms with Crippen LogP contribution >= 0.6 is 0 Å². The van der Waals surface area contributed by atoms with E-state index in [1.807, 2.05) is 6.92 Å². The lowest BCUT2D eigenvalue weighted by Crippen LogP contribution is -2.43. The predicted molar refractivity (Wildman–Crippen MR) is 82.7 cm³/mol. The van der Waals surface area contributed by atoms with Crippen LogP contribution in [-0.2, 0) is 9.53 Å². The Labute approximate surface area is 124 Å². The third-order valence-corrected chi connectivity index (χ3v) is 3.76. The molecule has 1 rings (SSSR count). The van der Waals surface area contributed by atoms with E-state index < -0.39 is 0 Å². The molecule has 1 saturated heterocycles. The lowest BCUT2D eigenvalue weighted by Gasteiger charge is -2.33. The van der Waals surface area contributed by atoms with Crippen LogP contribution in [-0.4, -0.2) is 49.2 Å². The summed E-state index contributed by atoms with van der Waals surface area (Å²) in [5.41, 5.74) is 0.186. The molecule has 20 heavy (non-hydrogen) atoms. The SMILES string of the molecule is CCOC(=O)C1CCN(CC(C)CNC(C)(C)C)CC1. The molecule has 1 N–H and O–H groups in total. The Morgan fingerprint density at radius 2 is 1.95 bits per heavy atom. The van der Waals surface area contributed by atoms with Crippen molar-refractivity contribution < 1.29 is 9.53 Å². The zero-order chi connectivity index (χ0) is 15.2. The lowest BCUT2D eigenvalue weighted by molar-refractivity contribution is -0.149. The van der Waals surface area contributed by atoms with Crippen LogP contribution < -0.4 is 5.32 Å². The molecular formula is C16H32N2O2. The maximum atomic E-state index is 11.7. The summed E-state index contributed by atoms with van der Waals surface area (Å²) in [7, 11) is 0. The monoisotopic (exact) mass is 284 g/mol. The zero-order valence-corrected chi connectivity index (χ0v) is 13.9. The van der Waals surface area contributed by atoms with Crippen LogP contribution in [0.1, 0.15) is 47.5 Å². The smallest absolute Gasteiger partial charge is 0.309 e. The van der Waals surface area contributed by atoms with Crippen LogP contribution in [0.5, 0.6) is 0 Å². The van der Waals surface area contributed by atoms with Crippen molar-refractivity contribution in [3.63, 3.8) is 0 Å². The molecule has 4 heteroatoms. The van der Waals surface area contributed by atoms with Gasteiger partial charge in [0.2, 0.25) is 0 Å². The van der Waals surface area contributed by atoms with Gasteiger partial charge < -0.3 is 15.0 Å². The van der Waals surface area contributed by atoms with E-state index in [1.165, 1.54) is 0 Å². The number of nitrogens with one attached hydrogen (secondary N) is 1. The fraction of sp³-hybridized carbons (Fsp3) is 0.938. The number of nitrogens with zero attached hydrogens (tertiary/aromatic N) is 1. The lowest BCUT2D eigenvalue weighted by atomic mass is 9.96. The van der Waals surface area contributed by atoms with Crippen LogP contribution in [0.2, 0.25) is 0 Å². The highest BCUT2D eigenvalue weighted by Crippen LogP contribution is 2.19. The first-order valence-electron chi connectivity index (χ1n) is 7.96. The van der Waals surface area contributed by atoms with Gasteiger partial charge in [-0.25, -0.2) is 0 Å². The molecule has 0 aromatic carbocycles. The molecule has 1 aliphatic rings. The molecule has 0 amide bonds. The fourth-order valence-electron chi connectivity index (χ4n) is 2.60. The molecule has 1 aliphatic heterocycles. The van der Waals surface area contributed by atoms with Gasteiger partial charge in [0.25, 0.3) is 0 Å². The molecule has 0 saturated carbocycles. The van der Waals surface area contributed by atoms with Gasteiger partial charge in [-0.1, -0.05) is 6.92 Å². The summed E-state index contributed by atoms with van der Waals surface area (Å²) in [4.78, 5) is 14.2. The molecule has 1 heterocycles. The number of esters is 1. The summed E-state index contributed by atoms with van der Waals surface area (Å²) in [5.74, 6) is 0.747. The van der Waals surface area contributed by atoms with Crippen molar-refractivity contribution in [3.8, 4) is 0 Å². The highest BCUT2D eigenvalue weighted by molar-refractivity contribution is 5.72. The molecule has 1 fully saturated rings. The molecule has 0 aromatic rings. The molecule has 0 bridgehead atoms. The highest BCUT2D eigenvalue weighted by atomic mass is 16.5. The van der Waals surface area contributed by atoms with Gasteiger partial charge in [-0.3, -0.25) is 4.79 Å². The van der Waals surface area contributed by atoms with Gasteiger partial charge in [-0.2, -0.15) is 0 Å². The average molecular weight is 284 g/mol. The number of hydrogen-bond acceptors (Lipinski definition) is 4. The van der Waals surface area contributed by atoms with Gasteiger partial charge in [-0.15, -0.1) is 0 Å². The molecule has 4 nitrogen and oxygen atoms in total. The van der Waals surface area contributed by atoms with Crippen LogP contribution in [0.15, 0.2) is 0 Å². The van der Waals surface area contributed by atoms with Gasteiger partial charge in [-0.05, 0) is 66.1 Å². The van der Waals surface area contributed by atoms with Crippen molar-refractivity contribution in [1.82, 2.24) is 10.2 Å². The van der Waals surface area contributed by atoms with Crippen LogP contribution in [0.25, 0.3) is 0 Å². The first kappa shape index (κ1) is 17.4. The van der Waals surface area contributed by atoms with E-state index in [4.69, 9.17) is 4.74 Å². The first-order valence-corrected chi connectivity index (χ1v) is 7.96. The topological polar surface area (TPSA) is 41.6 Å². The van der Waals surface area contributed by atoms with Crippen LogP contribution in [0.3, 0.4) is 0 Å². The first-order chi connectivity index (χ1) is 9.31. The summed E-state index contributed by atoms with van der Waals surface area (Å²) in [5, 5.41) is 3.55. The zero-order valence-electron chi connectivity index (χ0n) is 13.9. The Morgan fingerprint density at radius 1 is 1.35 bits per heavy atom. The van der Waals surface area contributed by atoms with Gasteiger partial charge in [0, 0.05) is 12.1 Å².